The Kier molecular flexibility index (Phi) is 6.50. The summed E-state index contributed by atoms with van der Waals surface area (Å²) in [5, 5.41) is 10.8. The van der Waals surface area contributed by atoms with Gasteiger partial charge >= 0.3 is 11.8 Å². The fourth-order valence-corrected chi connectivity index (χ4v) is 4.80. The third kappa shape index (κ3) is 4.66. The van der Waals surface area contributed by atoms with Crippen LogP contribution in [-0.2, 0) is 6.18 Å². The lowest BCUT2D eigenvalue weighted by Gasteiger charge is -2.16. The molecular formula is C28H18F3NO5S. The van der Waals surface area contributed by atoms with Crippen molar-refractivity contribution < 1.29 is 27.4 Å². The molecule has 0 bridgehead atoms. The minimum absolute atomic E-state index is 0.127. The second kappa shape index (κ2) is 9.79. The smallest absolute Gasteiger partial charge is 0.416 e. The number of rotatable bonds is 5. The Balaban J connectivity index is 1.71. The van der Waals surface area contributed by atoms with Crippen molar-refractivity contribution in [3.05, 3.63) is 111 Å². The van der Waals surface area contributed by atoms with E-state index in [0.717, 1.165) is 12.1 Å². The Morgan fingerprint density at radius 3 is 2.18 bits per heavy atom. The first-order chi connectivity index (χ1) is 18.2. The van der Waals surface area contributed by atoms with Gasteiger partial charge in [0.05, 0.1) is 18.4 Å². The summed E-state index contributed by atoms with van der Waals surface area (Å²) in [6.07, 6.45) is -4.52. The van der Waals surface area contributed by atoms with Crippen LogP contribution in [0, 0.1) is 0 Å². The maximum atomic E-state index is 13.8. The summed E-state index contributed by atoms with van der Waals surface area (Å²) in [5.74, 6) is -0.0408. The number of pyridine rings is 1. The van der Waals surface area contributed by atoms with Crippen molar-refractivity contribution in [3.8, 4) is 28.4 Å². The Bertz CT molecular complexity index is 1740. The number of aromatic hydroxyl groups is 1. The van der Waals surface area contributed by atoms with Crippen LogP contribution in [0.15, 0.2) is 109 Å². The number of benzene rings is 3. The number of hydrogen-bond donors (Lipinski definition) is 1. The van der Waals surface area contributed by atoms with Gasteiger partial charge in [0.2, 0.25) is 0 Å². The molecule has 0 saturated carbocycles. The Labute approximate surface area is 217 Å². The predicted octanol–water partition coefficient (Wildman–Crippen LogP) is 6.50. The van der Waals surface area contributed by atoms with Crippen LogP contribution in [0.2, 0.25) is 0 Å². The maximum Gasteiger partial charge on any atom is 0.416 e. The Morgan fingerprint density at radius 2 is 1.58 bits per heavy atom. The van der Waals surface area contributed by atoms with E-state index in [1.165, 1.54) is 29.9 Å². The average Bonchev–Trinajstić information content (AvgIpc) is 2.91. The molecule has 0 aliphatic heterocycles. The number of ether oxygens (including phenoxy) is 1. The molecular weight excluding hydrogens is 519 g/mol. The Hall–Kier alpha value is -4.44. The number of methoxy groups -OCH3 is 1. The van der Waals surface area contributed by atoms with E-state index in [0.29, 0.717) is 34.5 Å². The van der Waals surface area contributed by atoms with Crippen molar-refractivity contribution in [2.75, 3.05) is 7.11 Å². The normalized spacial score (nSPS) is 11.6. The van der Waals surface area contributed by atoms with Crippen LogP contribution in [0.3, 0.4) is 0 Å². The van der Waals surface area contributed by atoms with Crippen LogP contribution in [0.25, 0.3) is 27.9 Å². The molecule has 2 heterocycles. The lowest BCUT2D eigenvalue weighted by Crippen LogP contribution is -2.21. The number of hydrogen-bond acceptors (Lipinski definition) is 6. The van der Waals surface area contributed by atoms with E-state index in [1.54, 1.807) is 48.5 Å². The highest BCUT2D eigenvalue weighted by Crippen LogP contribution is 2.38. The monoisotopic (exact) mass is 537 g/mol. The zero-order valence-corrected chi connectivity index (χ0v) is 20.5. The minimum Gasteiger partial charge on any atom is -0.505 e. The van der Waals surface area contributed by atoms with Crippen molar-refractivity contribution in [1.29, 1.82) is 0 Å². The number of nitrogens with zero attached hydrogens (tertiary/aromatic N) is 1. The highest BCUT2D eigenvalue weighted by atomic mass is 32.2. The summed E-state index contributed by atoms with van der Waals surface area (Å²) in [5.41, 5.74) is -1.02. The summed E-state index contributed by atoms with van der Waals surface area (Å²) in [6.45, 7) is 0. The molecule has 192 valence electrons. The molecule has 10 heteroatoms. The van der Waals surface area contributed by atoms with Crippen LogP contribution < -0.4 is 15.9 Å². The predicted molar refractivity (Wildman–Crippen MR) is 137 cm³/mol. The molecule has 0 aliphatic rings. The van der Waals surface area contributed by atoms with E-state index in [4.69, 9.17) is 9.15 Å². The SMILES string of the molecule is COc1ccc(-n2c(-c3ccccc3)cc3oc(=O)c(Sc4ccc(C(F)(F)F)cc4)c(O)c3c2=O)cc1. The first kappa shape index (κ1) is 25.2. The van der Waals surface area contributed by atoms with Gasteiger partial charge in [-0.1, -0.05) is 42.1 Å². The molecule has 0 aliphatic carbocycles. The highest BCUT2D eigenvalue weighted by Gasteiger charge is 2.30. The van der Waals surface area contributed by atoms with Crippen molar-refractivity contribution in [2.24, 2.45) is 0 Å². The third-order valence-corrected chi connectivity index (χ3v) is 6.89. The van der Waals surface area contributed by atoms with Gasteiger partial charge in [0, 0.05) is 16.6 Å². The van der Waals surface area contributed by atoms with Gasteiger partial charge in [-0.15, -0.1) is 0 Å². The number of alkyl halides is 3. The zero-order valence-electron chi connectivity index (χ0n) is 19.7. The van der Waals surface area contributed by atoms with Gasteiger partial charge in [-0.2, -0.15) is 13.2 Å². The molecule has 0 amide bonds. The summed E-state index contributed by atoms with van der Waals surface area (Å²) in [7, 11) is 1.52. The van der Waals surface area contributed by atoms with Gasteiger partial charge in [0.25, 0.3) is 5.56 Å². The third-order valence-electron chi connectivity index (χ3n) is 5.81. The van der Waals surface area contributed by atoms with Crippen molar-refractivity contribution in [1.82, 2.24) is 4.57 Å². The number of halogens is 3. The van der Waals surface area contributed by atoms with E-state index in [-0.39, 0.29) is 20.8 Å². The molecule has 38 heavy (non-hydrogen) atoms. The van der Waals surface area contributed by atoms with E-state index < -0.39 is 28.7 Å². The lowest BCUT2D eigenvalue weighted by molar-refractivity contribution is -0.137. The largest absolute Gasteiger partial charge is 0.505 e. The fourth-order valence-electron chi connectivity index (χ4n) is 3.97. The molecule has 5 rings (SSSR count). The van der Waals surface area contributed by atoms with Gasteiger partial charge in [-0.05, 0) is 54.1 Å². The molecule has 0 radical (unpaired) electrons. The first-order valence-corrected chi connectivity index (χ1v) is 12.0. The minimum atomic E-state index is -4.52. The summed E-state index contributed by atoms with van der Waals surface area (Å²) in [6, 6.07) is 21.2. The van der Waals surface area contributed by atoms with Crippen molar-refractivity contribution in [3.63, 3.8) is 0 Å². The number of fused-ring (bicyclic) bond motifs is 1. The van der Waals surface area contributed by atoms with Crippen LogP contribution in [0.5, 0.6) is 11.5 Å². The molecule has 0 fully saturated rings. The molecule has 0 saturated heterocycles. The van der Waals surface area contributed by atoms with Crippen LogP contribution >= 0.6 is 11.8 Å². The quantitative estimate of drug-likeness (QED) is 0.276. The molecule has 2 aromatic heterocycles. The second-order valence-electron chi connectivity index (χ2n) is 8.16. The fraction of sp³-hybridized carbons (Fsp3) is 0.0714. The summed E-state index contributed by atoms with van der Waals surface area (Å²) < 4.78 is 50.8. The van der Waals surface area contributed by atoms with Crippen molar-refractivity contribution >= 4 is 22.7 Å². The molecule has 0 spiro atoms. The summed E-state index contributed by atoms with van der Waals surface area (Å²) in [4.78, 5) is 26.6. The molecule has 0 unspecified atom stereocenters. The van der Waals surface area contributed by atoms with Crippen molar-refractivity contribution in [2.45, 2.75) is 16.0 Å². The first-order valence-electron chi connectivity index (χ1n) is 11.2. The van der Waals surface area contributed by atoms with Crippen LogP contribution in [0.1, 0.15) is 5.56 Å². The van der Waals surface area contributed by atoms with Gasteiger partial charge in [-0.25, -0.2) is 4.79 Å². The van der Waals surface area contributed by atoms with E-state index in [9.17, 15) is 27.9 Å². The van der Waals surface area contributed by atoms with Gasteiger partial charge in [-0.3, -0.25) is 9.36 Å². The Morgan fingerprint density at radius 1 is 0.921 bits per heavy atom. The molecule has 3 aromatic carbocycles. The van der Waals surface area contributed by atoms with Gasteiger partial charge in [0.15, 0.2) is 5.75 Å². The average molecular weight is 538 g/mol. The molecule has 5 aromatic rings. The topological polar surface area (TPSA) is 81.7 Å². The van der Waals surface area contributed by atoms with Crippen LogP contribution in [0.4, 0.5) is 13.2 Å². The standard InChI is InChI=1S/C28H18F3NO5S/c1-36-19-11-9-18(10-12-19)32-21(16-5-3-2-4-6-16)15-22-23(26(32)34)24(33)25(27(35)37-22)38-20-13-7-17(8-14-20)28(29,30)31/h2-15,33H,1H3. The molecule has 1 N–H and O–H groups in total. The lowest BCUT2D eigenvalue weighted by atomic mass is 10.1. The van der Waals surface area contributed by atoms with E-state index >= 15 is 0 Å². The summed E-state index contributed by atoms with van der Waals surface area (Å²) >= 11 is 0.703. The van der Waals surface area contributed by atoms with Crippen LogP contribution in [-0.4, -0.2) is 16.8 Å². The zero-order chi connectivity index (χ0) is 27.0. The maximum absolute atomic E-state index is 13.8. The number of aromatic nitrogens is 1. The van der Waals surface area contributed by atoms with Gasteiger partial charge in [0.1, 0.15) is 21.6 Å². The second-order valence-corrected chi connectivity index (χ2v) is 9.25. The highest BCUT2D eigenvalue weighted by molar-refractivity contribution is 7.99. The van der Waals surface area contributed by atoms with E-state index in [2.05, 4.69) is 0 Å². The molecule has 0 atom stereocenters. The van der Waals surface area contributed by atoms with Gasteiger partial charge < -0.3 is 14.3 Å². The van der Waals surface area contributed by atoms with E-state index in [1.807, 2.05) is 6.07 Å². The molecule has 6 nitrogen and oxygen atoms in total.